The summed E-state index contributed by atoms with van der Waals surface area (Å²) in [5.74, 6) is -0.0929. The molecule has 0 saturated carbocycles. The highest BCUT2D eigenvalue weighted by Crippen LogP contribution is 2.20. The van der Waals surface area contributed by atoms with Gasteiger partial charge in [-0.2, -0.15) is 0 Å². The normalized spacial score (nSPS) is 12.6. The van der Waals surface area contributed by atoms with Crippen molar-refractivity contribution in [1.29, 1.82) is 0 Å². The van der Waals surface area contributed by atoms with E-state index in [1.807, 2.05) is 38.1 Å². The van der Waals surface area contributed by atoms with E-state index in [2.05, 4.69) is 10.6 Å². The van der Waals surface area contributed by atoms with E-state index in [-0.39, 0.29) is 11.9 Å². The highest BCUT2D eigenvalue weighted by atomic mass is 16.3. The summed E-state index contributed by atoms with van der Waals surface area (Å²) in [4.78, 5) is 12.0. The van der Waals surface area contributed by atoms with Gasteiger partial charge < -0.3 is 15.1 Å². The Bertz CT molecular complexity index is 533. The summed E-state index contributed by atoms with van der Waals surface area (Å²) in [5.41, 5.74) is 1.33. The van der Waals surface area contributed by atoms with Crippen LogP contribution in [-0.4, -0.2) is 25.0 Å². The van der Waals surface area contributed by atoms with Gasteiger partial charge in [0.2, 0.25) is 0 Å². The summed E-state index contributed by atoms with van der Waals surface area (Å²) < 4.78 is 5.35. The number of fused-ring (bicyclic) bond motifs is 1. The Morgan fingerprint density at radius 1 is 1.39 bits per heavy atom. The first kappa shape index (κ1) is 12.6. The van der Waals surface area contributed by atoms with Gasteiger partial charge in [0.05, 0.1) is 5.56 Å². The summed E-state index contributed by atoms with van der Waals surface area (Å²) >= 11 is 0. The van der Waals surface area contributed by atoms with Gasteiger partial charge >= 0.3 is 0 Å². The molecule has 1 aromatic heterocycles. The van der Waals surface area contributed by atoms with Crippen molar-refractivity contribution in [2.45, 2.75) is 19.9 Å². The molecule has 0 saturated heterocycles. The van der Waals surface area contributed by atoms with Gasteiger partial charge in [-0.15, -0.1) is 0 Å². The number of carbonyl (C=O) groups is 1. The van der Waals surface area contributed by atoms with Crippen LogP contribution in [0.2, 0.25) is 0 Å². The van der Waals surface area contributed by atoms with Crippen LogP contribution in [0.15, 0.2) is 34.9 Å². The van der Waals surface area contributed by atoms with Crippen molar-refractivity contribution < 1.29 is 9.21 Å². The van der Waals surface area contributed by atoms with E-state index in [1.54, 1.807) is 0 Å². The van der Waals surface area contributed by atoms with Gasteiger partial charge in [-0.25, -0.2) is 0 Å². The first-order chi connectivity index (χ1) is 8.72. The molecule has 4 heteroatoms. The van der Waals surface area contributed by atoms with Gasteiger partial charge in [0, 0.05) is 18.0 Å². The summed E-state index contributed by atoms with van der Waals surface area (Å²) in [6, 6.07) is 7.79. The maximum absolute atomic E-state index is 12.0. The van der Waals surface area contributed by atoms with Gasteiger partial charge in [0.25, 0.3) is 5.91 Å². The monoisotopic (exact) mass is 246 g/mol. The number of likely N-dealkylation sites (N-methyl/N-ethyl adjacent to an activating group) is 1. The number of rotatable bonds is 5. The predicted octanol–water partition coefficient (Wildman–Crippen LogP) is 2.16. The van der Waals surface area contributed by atoms with Gasteiger partial charge in [-0.05, 0) is 19.5 Å². The maximum Gasteiger partial charge on any atom is 0.255 e. The van der Waals surface area contributed by atoms with E-state index in [9.17, 15) is 4.79 Å². The zero-order chi connectivity index (χ0) is 13.0. The lowest BCUT2D eigenvalue weighted by molar-refractivity contribution is 0.0951. The standard InChI is InChI=1S/C14H18N2O2/c1-3-15-10(2)8-16-14(17)12-9-18-13-7-5-4-6-11(12)13/h4-7,9-10,15H,3,8H2,1-2H3,(H,16,17)/t10-/m1/s1. The molecule has 96 valence electrons. The topological polar surface area (TPSA) is 54.3 Å². The molecule has 1 amide bonds. The number of furan rings is 1. The first-order valence-electron chi connectivity index (χ1n) is 6.20. The number of nitrogens with one attached hydrogen (secondary N) is 2. The smallest absolute Gasteiger partial charge is 0.255 e. The lowest BCUT2D eigenvalue weighted by Gasteiger charge is -2.12. The molecule has 0 fully saturated rings. The summed E-state index contributed by atoms with van der Waals surface area (Å²) in [6.07, 6.45) is 1.51. The van der Waals surface area contributed by atoms with Crippen molar-refractivity contribution in [2.24, 2.45) is 0 Å². The molecule has 2 rings (SSSR count). The molecule has 0 radical (unpaired) electrons. The number of benzene rings is 1. The maximum atomic E-state index is 12.0. The minimum Gasteiger partial charge on any atom is -0.463 e. The van der Waals surface area contributed by atoms with E-state index in [0.717, 1.165) is 17.5 Å². The van der Waals surface area contributed by atoms with Crippen LogP contribution in [0.5, 0.6) is 0 Å². The molecular formula is C14H18N2O2. The second-order valence-corrected chi connectivity index (χ2v) is 4.31. The number of para-hydroxylation sites is 1. The molecule has 1 aromatic carbocycles. The van der Waals surface area contributed by atoms with Crippen LogP contribution in [-0.2, 0) is 0 Å². The minimum atomic E-state index is -0.0929. The quantitative estimate of drug-likeness (QED) is 0.850. The Hall–Kier alpha value is -1.81. The lowest BCUT2D eigenvalue weighted by Crippen LogP contribution is -2.38. The Morgan fingerprint density at radius 2 is 2.17 bits per heavy atom. The fraction of sp³-hybridized carbons (Fsp3) is 0.357. The molecular weight excluding hydrogens is 228 g/mol. The highest BCUT2D eigenvalue weighted by Gasteiger charge is 2.13. The highest BCUT2D eigenvalue weighted by molar-refractivity contribution is 6.05. The Labute approximate surface area is 106 Å². The van der Waals surface area contributed by atoms with Gasteiger partial charge in [0.15, 0.2) is 0 Å². The van der Waals surface area contributed by atoms with Gasteiger partial charge in [0.1, 0.15) is 11.8 Å². The zero-order valence-corrected chi connectivity index (χ0v) is 10.7. The Kier molecular flexibility index (Phi) is 3.99. The lowest BCUT2D eigenvalue weighted by atomic mass is 10.1. The third kappa shape index (κ3) is 2.71. The molecule has 0 aliphatic carbocycles. The SMILES string of the molecule is CCN[C@H](C)CNC(=O)c1coc2ccccc12. The van der Waals surface area contributed by atoms with Crippen LogP contribution in [0.1, 0.15) is 24.2 Å². The van der Waals surface area contributed by atoms with Crippen molar-refractivity contribution in [3.05, 3.63) is 36.1 Å². The molecule has 0 spiro atoms. The second-order valence-electron chi connectivity index (χ2n) is 4.31. The Morgan fingerprint density at radius 3 is 2.94 bits per heavy atom. The third-order valence-electron chi connectivity index (χ3n) is 2.85. The van der Waals surface area contributed by atoms with Gasteiger partial charge in [-0.1, -0.05) is 25.1 Å². The summed E-state index contributed by atoms with van der Waals surface area (Å²) in [5, 5.41) is 7.00. The number of carbonyl (C=O) groups excluding carboxylic acids is 1. The molecule has 1 atom stereocenters. The second kappa shape index (κ2) is 5.69. The van der Waals surface area contributed by atoms with E-state index in [1.165, 1.54) is 6.26 Å². The predicted molar refractivity (Wildman–Crippen MR) is 71.7 cm³/mol. The van der Waals surface area contributed by atoms with Crippen molar-refractivity contribution >= 4 is 16.9 Å². The van der Waals surface area contributed by atoms with E-state index >= 15 is 0 Å². The average Bonchev–Trinajstić information content (AvgIpc) is 2.80. The summed E-state index contributed by atoms with van der Waals surface area (Å²) in [6.45, 7) is 5.58. The molecule has 1 heterocycles. The zero-order valence-electron chi connectivity index (χ0n) is 10.7. The number of amides is 1. The Balaban J connectivity index is 2.05. The molecule has 2 aromatic rings. The molecule has 4 nitrogen and oxygen atoms in total. The third-order valence-corrected chi connectivity index (χ3v) is 2.85. The van der Waals surface area contributed by atoms with Gasteiger partial charge in [-0.3, -0.25) is 4.79 Å². The number of hydrogen-bond donors (Lipinski definition) is 2. The fourth-order valence-corrected chi connectivity index (χ4v) is 1.92. The van der Waals surface area contributed by atoms with Crippen LogP contribution in [0, 0.1) is 0 Å². The molecule has 18 heavy (non-hydrogen) atoms. The van der Waals surface area contributed by atoms with E-state index in [4.69, 9.17) is 4.42 Å². The number of hydrogen-bond acceptors (Lipinski definition) is 3. The molecule has 0 unspecified atom stereocenters. The van der Waals surface area contributed by atoms with Crippen molar-refractivity contribution in [1.82, 2.24) is 10.6 Å². The largest absolute Gasteiger partial charge is 0.463 e. The molecule has 0 aliphatic rings. The van der Waals surface area contributed by atoms with Crippen molar-refractivity contribution in [3.8, 4) is 0 Å². The molecule has 0 bridgehead atoms. The summed E-state index contributed by atoms with van der Waals surface area (Å²) in [7, 11) is 0. The van der Waals surface area contributed by atoms with Crippen LogP contribution in [0.3, 0.4) is 0 Å². The average molecular weight is 246 g/mol. The van der Waals surface area contributed by atoms with E-state index < -0.39 is 0 Å². The van der Waals surface area contributed by atoms with Crippen LogP contribution in [0.25, 0.3) is 11.0 Å². The van der Waals surface area contributed by atoms with Crippen molar-refractivity contribution in [3.63, 3.8) is 0 Å². The van der Waals surface area contributed by atoms with Crippen LogP contribution in [0.4, 0.5) is 0 Å². The fourth-order valence-electron chi connectivity index (χ4n) is 1.92. The molecule has 0 aliphatic heterocycles. The first-order valence-corrected chi connectivity index (χ1v) is 6.20. The van der Waals surface area contributed by atoms with Crippen LogP contribution >= 0.6 is 0 Å². The van der Waals surface area contributed by atoms with Crippen molar-refractivity contribution in [2.75, 3.05) is 13.1 Å². The van der Waals surface area contributed by atoms with E-state index in [0.29, 0.717) is 12.1 Å². The molecule has 2 N–H and O–H groups in total. The minimum absolute atomic E-state index is 0.0929. The van der Waals surface area contributed by atoms with Crippen LogP contribution < -0.4 is 10.6 Å².